The van der Waals surface area contributed by atoms with E-state index in [2.05, 4.69) is 32.2 Å². The summed E-state index contributed by atoms with van der Waals surface area (Å²) in [6, 6.07) is 17.5. The number of rotatable bonds is 6. The molecule has 1 aliphatic heterocycles. The second-order valence-electron chi connectivity index (χ2n) is 7.12. The smallest absolute Gasteiger partial charge is 0.240 e. The van der Waals surface area contributed by atoms with Crippen molar-refractivity contribution >= 4 is 28.1 Å². The van der Waals surface area contributed by atoms with E-state index in [1.54, 1.807) is 12.1 Å². The van der Waals surface area contributed by atoms with Crippen molar-refractivity contribution in [1.29, 1.82) is 0 Å². The number of aromatic hydroxyl groups is 1. The van der Waals surface area contributed by atoms with Crippen molar-refractivity contribution in [3.63, 3.8) is 0 Å². The Labute approximate surface area is 174 Å². The topological polar surface area (TPSA) is 68.7 Å². The van der Waals surface area contributed by atoms with Gasteiger partial charge >= 0.3 is 0 Å². The first-order valence-electron chi connectivity index (χ1n) is 9.70. The lowest BCUT2D eigenvalue weighted by molar-refractivity contribution is -0.117. The van der Waals surface area contributed by atoms with Crippen LogP contribution in [0.5, 0.6) is 5.75 Å². The number of phenols is 1. The highest BCUT2D eigenvalue weighted by molar-refractivity contribution is 7.15. The van der Waals surface area contributed by atoms with E-state index in [4.69, 9.17) is 0 Å². The number of amides is 1. The third-order valence-electron chi connectivity index (χ3n) is 4.98. The Balaban J connectivity index is 1.24. The fraction of sp³-hybridized carbons (Fsp3) is 0.273. The number of nitrogens with zero attached hydrogens (tertiary/aromatic N) is 3. The van der Waals surface area contributed by atoms with Gasteiger partial charge in [-0.05, 0) is 29.8 Å². The summed E-state index contributed by atoms with van der Waals surface area (Å²) in [6.45, 7) is 3.74. The van der Waals surface area contributed by atoms with Crippen LogP contribution >= 0.6 is 11.3 Å². The van der Waals surface area contributed by atoms with Gasteiger partial charge in [0, 0.05) is 49.4 Å². The molecule has 3 aromatic rings. The van der Waals surface area contributed by atoms with Gasteiger partial charge in [0.2, 0.25) is 5.91 Å². The van der Waals surface area contributed by atoms with Crippen molar-refractivity contribution in [3.05, 3.63) is 71.2 Å². The van der Waals surface area contributed by atoms with Gasteiger partial charge in [-0.15, -0.1) is 11.3 Å². The maximum atomic E-state index is 12.4. The van der Waals surface area contributed by atoms with Crippen molar-refractivity contribution in [1.82, 2.24) is 9.88 Å². The molecule has 0 atom stereocenters. The zero-order chi connectivity index (χ0) is 20.1. The molecule has 0 aliphatic carbocycles. The van der Waals surface area contributed by atoms with Crippen LogP contribution in [0.3, 0.4) is 0 Å². The molecule has 1 aliphatic rings. The van der Waals surface area contributed by atoms with Gasteiger partial charge in [-0.3, -0.25) is 9.69 Å². The van der Waals surface area contributed by atoms with Crippen LogP contribution in [0.25, 0.3) is 0 Å². The number of carbonyl (C=O) groups excluding carboxylic acids is 1. The number of nitrogens with one attached hydrogen (secondary N) is 1. The Morgan fingerprint density at radius 1 is 1.03 bits per heavy atom. The van der Waals surface area contributed by atoms with E-state index >= 15 is 0 Å². The van der Waals surface area contributed by atoms with Gasteiger partial charge in [-0.2, -0.15) is 0 Å². The molecule has 0 bridgehead atoms. The molecule has 2 aromatic carbocycles. The fourth-order valence-electron chi connectivity index (χ4n) is 3.43. The molecular weight excluding hydrogens is 384 g/mol. The molecule has 2 heterocycles. The van der Waals surface area contributed by atoms with Gasteiger partial charge in [0.05, 0.1) is 6.54 Å². The molecule has 2 N–H and O–H groups in total. The first kappa shape index (κ1) is 19.4. The summed E-state index contributed by atoms with van der Waals surface area (Å²) >= 11 is 1.53. The van der Waals surface area contributed by atoms with Gasteiger partial charge in [-0.1, -0.05) is 30.3 Å². The van der Waals surface area contributed by atoms with Crippen molar-refractivity contribution in [2.24, 2.45) is 0 Å². The monoisotopic (exact) mass is 408 g/mol. The van der Waals surface area contributed by atoms with Crippen LogP contribution in [-0.2, 0) is 11.2 Å². The number of piperazine rings is 1. The number of phenolic OH excluding ortho intramolecular Hbond substituents is 1. The van der Waals surface area contributed by atoms with E-state index in [-0.39, 0.29) is 11.7 Å². The number of thiazole rings is 1. The Bertz CT molecular complexity index is 935. The molecule has 0 spiro atoms. The maximum absolute atomic E-state index is 12.4. The van der Waals surface area contributed by atoms with Gasteiger partial charge in [0.1, 0.15) is 5.75 Å². The lowest BCUT2D eigenvalue weighted by Crippen LogP contribution is -2.48. The van der Waals surface area contributed by atoms with Crippen LogP contribution in [0.1, 0.15) is 10.4 Å². The second-order valence-corrected chi connectivity index (χ2v) is 8.24. The third-order valence-corrected chi connectivity index (χ3v) is 5.89. The zero-order valence-corrected chi connectivity index (χ0v) is 16.9. The summed E-state index contributed by atoms with van der Waals surface area (Å²) in [4.78, 5) is 22.3. The highest BCUT2D eigenvalue weighted by atomic mass is 32.1. The first-order chi connectivity index (χ1) is 14.2. The molecule has 0 saturated carbocycles. The largest absolute Gasteiger partial charge is 0.508 e. The lowest BCUT2D eigenvalue weighted by Gasteiger charge is -2.35. The Morgan fingerprint density at radius 2 is 1.76 bits per heavy atom. The van der Waals surface area contributed by atoms with Gasteiger partial charge in [-0.25, -0.2) is 4.98 Å². The fourth-order valence-corrected chi connectivity index (χ4v) is 4.30. The van der Waals surface area contributed by atoms with Crippen LogP contribution in [0.4, 0.5) is 10.8 Å². The van der Waals surface area contributed by atoms with Gasteiger partial charge in [0.15, 0.2) is 5.13 Å². The highest BCUT2D eigenvalue weighted by Crippen LogP contribution is 2.22. The minimum Gasteiger partial charge on any atom is -0.508 e. The molecule has 150 valence electrons. The average molecular weight is 409 g/mol. The molecule has 1 saturated heterocycles. The third kappa shape index (κ3) is 5.34. The van der Waals surface area contributed by atoms with E-state index in [9.17, 15) is 9.90 Å². The van der Waals surface area contributed by atoms with E-state index in [0.29, 0.717) is 11.7 Å². The number of hydrogen-bond donors (Lipinski definition) is 2. The summed E-state index contributed by atoms with van der Waals surface area (Å²) < 4.78 is 0. The summed E-state index contributed by atoms with van der Waals surface area (Å²) in [6.07, 6.45) is 2.66. The molecule has 1 amide bonds. The molecule has 29 heavy (non-hydrogen) atoms. The number of carbonyl (C=O) groups is 1. The Hall–Kier alpha value is -2.90. The summed E-state index contributed by atoms with van der Waals surface area (Å²) in [5.41, 5.74) is 2.33. The molecule has 7 heteroatoms. The number of hydrogen-bond acceptors (Lipinski definition) is 6. The predicted molar refractivity (Wildman–Crippen MR) is 117 cm³/mol. The van der Waals surface area contributed by atoms with E-state index in [1.807, 2.05) is 36.5 Å². The van der Waals surface area contributed by atoms with Crippen LogP contribution in [-0.4, -0.2) is 53.6 Å². The summed E-state index contributed by atoms with van der Waals surface area (Å²) in [5, 5.41) is 13.0. The molecular formula is C22H24N4O2S. The van der Waals surface area contributed by atoms with Crippen LogP contribution in [0.2, 0.25) is 0 Å². The van der Waals surface area contributed by atoms with Crippen molar-refractivity contribution in [3.8, 4) is 5.75 Å². The molecule has 1 aromatic heterocycles. The zero-order valence-electron chi connectivity index (χ0n) is 16.1. The van der Waals surface area contributed by atoms with Crippen molar-refractivity contribution in [2.45, 2.75) is 6.42 Å². The maximum Gasteiger partial charge on any atom is 0.240 e. The number of anilines is 2. The Morgan fingerprint density at radius 3 is 2.48 bits per heavy atom. The quantitative estimate of drug-likeness (QED) is 0.656. The van der Waals surface area contributed by atoms with Crippen LogP contribution in [0.15, 0.2) is 60.8 Å². The predicted octanol–water partition coefficient (Wildman–Crippen LogP) is 3.20. The van der Waals surface area contributed by atoms with Crippen molar-refractivity contribution in [2.75, 3.05) is 42.9 Å². The number of benzene rings is 2. The molecule has 0 radical (unpaired) electrons. The summed E-state index contributed by atoms with van der Waals surface area (Å²) in [5.74, 6) is 0.252. The lowest BCUT2D eigenvalue weighted by atomic mass is 10.1. The minimum absolute atomic E-state index is 0.0244. The first-order valence-corrected chi connectivity index (χ1v) is 10.5. The van der Waals surface area contributed by atoms with Gasteiger partial charge in [0.25, 0.3) is 0 Å². The standard InChI is InChI=1S/C22H24N4O2S/c27-19-8-6-18(7-9-19)26-12-10-25(11-13-26)16-21(28)24-22-23-15-20(29-22)14-17-4-2-1-3-5-17/h1-9,15,27H,10-14,16H2,(H,23,24,28). The normalized spacial score (nSPS) is 14.7. The highest BCUT2D eigenvalue weighted by Gasteiger charge is 2.19. The SMILES string of the molecule is O=C(CN1CCN(c2ccc(O)cc2)CC1)Nc1ncc(Cc2ccccc2)s1. The van der Waals surface area contributed by atoms with Crippen LogP contribution < -0.4 is 10.2 Å². The van der Waals surface area contributed by atoms with E-state index in [1.165, 1.54) is 16.9 Å². The Kier molecular flexibility index (Phi) is 6.07. The molecule has 6 nitrogen and oxygen atoms in total. The summed E-state index contributed by atoms with van der Waals surface area (Å²) in [7, 11) is 0. The van der Waals surface area contributed by atoms with E-state index < -0.39 is 0 Å². The number of aromatic nitrogens is 1. The molecule has 1 fully saturated rings. The van der Waals surface area contributed by atoms with E-state index in [0.717, 1.165) is 43.2 Å². The van der Waals surface area contributed by atoms with Gasteiger partial charge < -0.3 is 15.3 Å². The molecule has 4 rings (SSSR count). The van der Waals surface area contributed by atoms with Crippen LogP contribution in [0, 0.1) is 0 Å². The average Bonchev–Trinajstić information content (AvgIpc) is 3.16. The second kappa shape index (κ2) is 9.07. The molecule has 0 unspecified atom stereocenters. The minimum atomic E-state index is -0.0244. The van der Waals surface area contributed by atoms with Crippen molar-refractivity contribution < 1.29 is 9.90 Å².